The average molecular weight is 352 g/mol. The van der Waals surface area contributed by atoms with Gasteiger partial charge in [0.05, 0.1) is 24.7 Å². The molecule has 1 fully saturated rings. The van der Waals surface area contributed by atoms with Gasteiger partial charge in [0, 0.05) is 0 Å². The second-order valence-electron chi connectivity index (χ2n) is 7.22. The van der Waals surface area contributed by atoms with Crippen LogP contribution in [0.4, 0.5) is 0 Å². The number of ether oxygens (including phenoxy) is 2. The predicted molar refractivity (Wildman–Crippen MR) is 103 cm³/mol. The molecule has 2 aromatic rings. The highest BCUT2D eigenvalue weighted by Gasteiger charge is 2.51. The Balaban J connectivity index is 1.79. The highest BCUT2D eigenvalue weighted by atomic mass is 16.5. The average Bonchev–Trinajstić information content (AvgIpc) is 3.06. The van der Waals surface area contributed by atoms with E-state index in [4.69, 9.17) is 9.47 Å². The first-order valence-electron chi connectivity index (χ1n) is 9.52. The summed E-state index contributed by atoms with van der Waals surface area (Å²) in [5.41, 5.74) is 2.95. The third kappa shape index (κ3) is 4.16. The van der Waals surface area contributed by atoms with Crippen LogP contribution < -0.4 is 0 Å². The van der Waals surface area contributed by atoms with Crippen molar-refractivity contribution in [1.29, 1.82) is 0 Å². The molecule has 2 unspecified atom stereocenters. The van der Waals surface area contributed by atoms with Gasteiger partial charge in [0.2, 0.25) is 0 Å². The number of esters is 1. The van der Waals surface area contributed by atoms with Gasteiger partial charge in [0.25, 0.3) is 0 Å². The van der Waals surface area contributed by atoms with Gasteiger partial charge in [0.1, 0.15) is 0 Å². The van der Waals surface area contributed by atoms with Crippen molar-refractivity contribution in [3.63, 3.8) is 0 Å². The van der Waals surface area contributed by atoms with Crippen molar-refractivity contribution < 1.29 is 14.3 Å². The van der Waals surface area contributed by atoms with E-state index in [1.165, 1.54) is 5.56 Å². The van der Waals surface area contributed by atoms with Gasteiger partial charge in [-0.05, 0) is 50.7 Å². The lowest BCUT2D eigenvalue weighted by molar-refractivity contribution is -0.164. The Bertz CT molecular complexity index is 708. The number of hydrogen-bond donors (Lipinski definition) is 0. The SMILES string of the molecule is CCOC(=O)C1(Cc2ccccc2)CCCC1OCc1ccc(C)cc1. The Hall–Kier alpha value is -2.13. The fourth-order valence-corrected chi connectivity index (χ4v) is 3.91. The van der Waals surface area contributed by atoms with E-state index in [0.717, 1.165) is 30.4 Å². The van der Waals surface area contributed by atoms with E-state index in [-0.39, 0.29) is 12.1 Å². The van der Waals surface area contributed by atoms with E-state index >= 15 is 0 Å². The fraction of sp³-hybridized carbons (Fsp3) is 0.435. The number of carbonyl (C=O) groups excluding carboxylic acids is 1. The van der Waals surface area contributed by atoms with Crippen molar-refractivity contribution >= 4 is 5.97 Å². The number of hydrogen-bond acceptors (Lipinski definition) is 3. The second-order valence-corrected chi connectivity index (χ2v) is 7.22. The summed E-state index contributed by atoms with van der Waals surface area (Å²) in [6.07, 6.45) is 3.27. The molecule has 0 heterocycles. The minimum atomic E-state index is -0.581. The van der Waals surface area contributed by atoms with Crippen molar-refractivity contribution in [1.82, 2.24) is 0 Å². The molecule has 0 spiro atoms. The molecule has 1 aliphatic rings. The number of rotatable bonds is 7. The number of aryl methyl sites for hydroxylation is 1. The van der Waals surface area contributed by atoms with E-state index in [1.807, 2.05) is 25.1 Å². The quantitative estimate of drug-likeness (QED) is 0.668. The van der Waals surface area contributed by atoms with Crippen LogP contribution in [0.3, 0.4) is 0 Å². The van der Waals surface area contributed by atoms with Crippen LogP contribution in [0.25, 0.3) is 0 Å². The molecule has 138 valence electrons. The van der Waals surface area contributed by atoms with Crippen LogP contribution in [0.1, 0.15) is 42.9 Å². The standard InChI is InChI=1S/C23H28O3/c1-3-25-22(24)23(16-19-8-5-4-6-9-19)15-7-10-21(23)26-17-20-13-11-18(2)12-14-20/h4-6,8-9,11-14,21H,3,7,10,15-17H2,1-2H3. The van der Waals surface area contributed by atoms with Crippen molar-refractivity contribution in [2.45, 2.75) is 52.2 Å². The van der Waals surface area contributed by atoms with Gasteiger partial charge in [-0.25, -0.2) is 0 Å². The molecular weight excluding hydrogens is 324 g/mol. The Morgan fingerprint density at radius 2 is 1.81 bits per heavy atom. The van der Waals surface area contributed by atoms with Crippen LogP contribution in [0, 0.1) is 12.3 Å². The van der Waals surface area contributed by atoms with Gasteiger partial charge in [0.15, 0.2) is 0 Å². The molecule has 3 heteroatoms. The van der Waals surface area contributed by atoms with Crippen molar-refractivity contribution in [2.24, 2.45) is 5.41 Å². The first-order chi connectivity index (χ1) is 12.6. The Labute approximate surface area is 156 Å². The Morgan fingerprint density at radius 1 is 1.08 bits per heavy atom. The lowest BCUT2D eigenvalue weighted by atomic mass is 9.78. The molecule has 3 nitrogen and oxygen atoms in total. The third-order valence-corrected chi connectivity index (χ3v) is 5.32. The molecule has 0 aromatic heterocycles. The van der Waals surface area contributed by atoms with E-state index < -0.39 is 5.41 Å². The number of carbonyl (C=O) groups is 1. The molecule has 0 saturated heterocycles. The maximum atomic E-state index is 12.9. The summed E-state index contributed by atoms with van der Waals surface area (Å²) >= 11 is 0. The summed E-state index contributed by atoms with van der Waals surface area (Å²) in [5, 5.41) is 0. The van der Waals surface area contributed by atoms with Gasteiger partial charge < -0.3 is 9.47 Å². The minimum absolute atomic E-state index is 0.108. The summed E-state index contributed by atoms with van der Waals surface area (Å²) in [5.74, 6) is -0.116. The summed E-state index contributed by atoms with van der Waals surface area (Å²) in [6, 6.07) is 18.6. The maximum Gasteiger partial charge on any atom is 0.315 e. The predicted octanol–water partition coefficient (Wildman–Crippen LogP) is 4.86. The molecule has 0 amide bonds. The van der Waals surface area contributed by atoms with E-state index in [1.54, 1.807) is 0 Å². The van der Waals surface area contributed by atoms with E-state index in [9.17, 15) is 4.79 Å². The first kappa shape index (κ1) is 18.7. The molecule has 3 rings (SSSR count). The molecule has 0 N–H and O–H groups in total. The monoisotopic (exact) mass is 352 g/mol. The molecule has 0 radical (unpaired) electrons. The first-order valence-corrected chi connectivity index (χ1v) is 9.52. The van der Waals surface area contributed by atoms with Gasteiger partial charge >= 0.3 is 5.97 Å². The zero-order valence-electron chi connectivity index (χ0n) is 15.7. The van der Waals surface area contributed by atoms with Crippen molar-refractivity contribution in [3.8, 4) is 0 Å². The summed E-state index contributed by atoms with van der Waals surface area (Å²) < 4.78 is 11.8. The lowest BCUT2D eigenvalue weighted by Crippen LogP contribution is -2.43. The molecule has 1 saturated carbocycles. The summed E-state index contributed by atoms with van der Waals surface area (Å²) in [4.78, 5) is 12.9. The van der Waals surface area contributed by atoms with Crippen LogP contribution in [0.5, 0.6) is 0 Å². The smallest absolute Gasteiger partial charge is 0.315 e. The molecule has 1 aliphatic carbocycles. The molecular formula is C23H28O3. The van der Waals surface area contributed by atoms with Crippen LogP contribution in [-0.2, 0) is 27.3 Å². The summed E-state index contributed by atoms with van der Waals surface area (Å²) in [6.45, 7) is 4.87. The van der Waals surface area contributed by atoms with Crippen LogP contribution >= 0.6 is 0 Å². The van der Waals surface area contributed by atoms with Crippen LogP contribution in [0.2, 0.25) is 0 Å². The van der Waals surface area contributed by atoms with E-state index in [0.29, 0.717) is 19.6 Å². The van der Waals surface area contributed by atoms with Crippen LogP contribution in [0.15, 0.2) is 54.6 Å². The zero-order valence-corrected chi connectivity index (χ0v) is 15.7. The molecule has 26 heavy (non-hydrogen) atoms. The topological polar surface area (TPSA) is 35.5 Å². The van der Waals surface area contributed by atoms with Gasteiger partial charge in [-0.1, -0.05) is 60.2 Å². The highest BCUT2D eigenvalue weighted by molar-refractivity contribution is 5.78. The highest BCUT2D eigenvalue weighted by Crippen LogP contribution is 2.44. The maximum absolute atomic E-state index is 12.9. The number of benzene rings is 2. The van der Waals surface area contributed by atoms with Gasteiger partial charge in [-0.2, -0.15) is 0 Å². The van der Waals surface area contributed by atoms with Gasteiger partial charge in [-0.3, -0.25) is 4.79 Å². The lowest BCUT2D eigenvalue weighted by Gasteiger charge is -2.33. The normalized spacial score (nSPS) is 22.3. The third-order valence-electron chi connectivity index (χ3n) is 5.32. The minimum Gasteiger partial charge on any atom is -0.465 e. The Kier molecular flexibility index (Phi) is 6.10. The largest absolute Gasteiger partial charge is 0.465 e. The van der Waals surface area contributed by atoms with Crippen molar-refractivity contribution in [3.05, 3.63) is 71.3 Å². The van der Waals surface area contributed by atoms with Crippen molar-refractivity contribution in [2.75, 3.05) is 6.61 Å². The second kappa shape index (κ2) is 8.50. The Morgan fingerprint density at radius 3 is 2.50 bits per heavy atom. The summed E-state index contributed by atoms with van der Waals surface area (Å²) in [7, 11) is 0. The molecule has 2 atom stereocenters. The van der Waals surface area contributed by atoms with E-state index in [2.05, 4.69) is 43.3 Å². The molecule has 2 aromatic carbocycles. The molecule has 0 bridgehead atoms. The molecule has 0 aliphatic heterocycles. The van der Waals surface area contributed by atoms with Crippen LogP contribution in [-0.4, -0.2) is 18.7 Å². The van der Waals surface area contributed by atoms with Gasteiger partial charge in [-0.15, -0.1) is 0 Å². The zero-order chi connectivity index (χ0) is 18.4. The fourth-order valence-electron chi connectivity index (χ4n) is 3.91.